The zero-order valence-electron chi connectivity index (χ0n) is 16.1. The molecule has 5 heteroatoms. The third-order valence-corrected chi connectivity index (χ3v) is 4.36. The number of ether oxygens (including phenoxy) is 1. The second-order valence-corrected chi connectivity index (χ2v) is 6.65. The van der Waals surface area contributed by atoms with Crippen LogP contribution < -0.4 is 0 Å². The molecule has 0 aromatic heterocycles. The van der Waals surface area contributed by atoms with Crippen LogP contribution in [0.5, 0.6) is 0 Å². The van der Waals surface area contributed by atoms with Crippen molar-refractivity contribution in [2.75, 3.05) is 6.61 Å². The molecule has 0 aromatic rings. The smallest absolute Gasteiger partial charge is 0.374 e. The van der Waals surface area contributed by atoms with E-state index in [0.29, 0.717) is 6.42 Å². The normalized spacial score (nSPS) is 13.4. The molecular weight excluding hydrogens is 320 g/mol. The maximum atomic E-state index is 11.0. The number of aliphatic hydroxyl groups is 2. The molecule has 0 amide bonds. The molecule has 0 fully saturated rings. The maximum absolute atomic E-state index is 11.0. The lowest BCUT2D eigenvalue weighted by molar-refractivity contribution is -0.137. The number of carbonyl (C=O) groups is 1. The van der Waals surface area contributed by atoms with Crippen molar-refractivity contribution in [3.05, 3.63) is 11.5 Å². The molecular formula is C20H38O5. The molecule has 0 aliphatic carbocycles. The third kappa shape index (κ3) is 12.7. The molecule has 5 nitrogen and oxygen atoms in total. The van der Waals surface area contributed by atoms with E-state index in [1.807, 2.05) is 0 Å². The van der Waals surface area contributed by atoms with Crippen molar-refractivity contribution in [1.82, 2.24) is 0 Å². The van der Waals surface area contributed by atoms with E-state index < -0.39 is 23.6 Å². The van der Waals surface area contributed by atoms with Gasteiger partial charge in [-0.05, 0) is 13.3 Å². The summed E-state index contributed by atoms with van der Waals surface area (Å²) >= 11 is 0. The number of aliphatic hydroxyl groups excluding tert-OH is 2. The zero-order valence-corrected chi connectivity index (χ0v) is 16.1. The van der Waals surface area contributed by atoms with Crippen molar-refractivity contribution in [2.45, 2.75) is 103 Å². The zero-order chi connectivity index (χ0) is 18.9. The van der Waals surface area contributed by atoms with E-state index in [9.17, 15) is 15.0 Å². The molecule has 0 aliphatic rings. The van der Waals surface area contributed by atoms with Crippen LogP contribution in [0.15, 0.2) is 11.5 Å². The highest BCUT2D eigenvalue weighted by Gasteiger charge is 2.21. The van der Waals surface area contributed by atoms with Gasteiger partial charge in [0.25, 0.3) is 0 Å². The first-order chi connectivity index (χ1) is 12.0. The van der Waals surface area contributed by atoms with Crippen molar-refractivity contribution < 1.29 is 24.9 Å². The average molecular weight is 359 g/mol. The number of carboxylic acid groups (broad SMARTS) is 1. The minimum Gasteiger partial charge on any atom is -0.506 e. The molecule has 0 heterocycles. The summed E-state index contributed by atoms with van der Waals surface area (Å²) in [5.74, 6) is -2.47. The largest absolute Gasteiger partial charge is 0.506 e. The van der Waals surface area contributed by atoms with Gasteiger partial charge in [0, 0.05) is 0 Å². The number of carboxylic acids is 1. The minimum atomic E-state index is -1.35. The second-order valence-electron chi connectivity index (χ2n) is 6.65. The Morgan fingerprint density at radius 3 is 1.64 bits per heavy atom. The SMILES string of the molecule is CCCCCCCCCCCCCCC(O)C(O)=C(OCC)C(=O)O. The van der Waals surface area contributed by atoms with E-state index in [4.69, 9.17) is 9.84 Å². The molecule has 1 unspecified atom stereocenters. The maximum Gasteiger partial charge on any atom is 0.374 e. The topological polar surface area (TPSA) is 87.0 Å². The third-order valence-electron chi connectivity index (χ3n) is 4.36. The van der Waals surface area contributed by atoms with Gasteiger partial charge in [0.15, 0.2) is 5.76 Å². The van der Waals surface area contributed by atoms with Gasteiger partial charge < -0.3 is 20.1 Å². The number of hydrogen-bond acceptors (Lipinski definition) is 4. The standard InChI is InChI=1S/C20H38O5/c1-3-5-6-7-8-9-10-11-12-13-14-15-16-17(21)18(22)19(20(23)24)25-4-2/h17,21-22H,3-16H2,1-2H3,(H,23,24). The molecule has 0 radical (unpaired) electrons. The fraction of sp³-hybridized carbons (Fsp3) is 0.850. The van der Waals surface area contributed by atoms with E-state index in [0.717, 1.165) is 19.3 Å². The Morgan fingerprint density at radius 1 is 0.800 bits per heavy atom. The first-order valence-electron chi connectivity index (χ1n) is 10.0. The first-order valence-corrected chi connectivity index (χ1v) is 10.0. The van der Waals surface area contributed by atoms with Gasteiger partial charge in [0.1, 0.15) is 6.10 Å². The Labute approximate surface area is 153 Å². The Hall–Kier alpha value is -1.23. The highest BCUT2D eigenvalue weighted by Crippen LogP contribution is 2.16. The highest BCUT2D eigenvalue weighted by atomic mass is 16.5. The van der Waals surface area contributed by atoms with Gasteiger partial charge in [0.2, 0.25) is 5.76 Å². The molecule has 0 saturated carbocycles. The lowest BCUT2D eigenvalue weighted by atomic mass is 10.0. The molecule has 25 heavy (non-hydrogen) atoms. The van der Waals surface area contributed by atoms with E-state index in [1.165, 1.54) is 57.8 Å². The lowest BCUT2D eigenvalue weighted by Crippen LogP contribution is -2.18. The summed E-state index contributed by atoms with van der Waals surface area (Å²) in [6.07, 6.45) is 13.9. The molecule has 0 aliphatic heterocycles. The van der Waals surface area contributed by atoms with E-state index in [-0.39, 0.29) is 6.61 Å². The van der Waals surface area contributed by atoms with Crippen molar-refractivity contribution in [2.24, 2.45) is 0 Å². The molecule has 0 bridgehead atoms. The van der Waals surface area contributed by atoms with Gasteiger partial charge in [-0.15, -0.1) is 0 Å². The van der Waals surface area contributed by atoms with Crippen LogP contribution in [0.1, 0.15) is 97.3 Å². The average Bonchev–Trinajstić information content (AvgIpc) is 2.59. The van der Waals surface area contributed by atoms with Crippen LogP contribution in [0.2, 0.25) is 0 Å². The molecule has 3 N–H and O–H groups in total. The first kappa shape index (κ1) is 23.8. The molecule has 0 spiro atoms. The summed E-state index contributed by atoms with van der Waals surface area (Å²) in [5, 5.41) is 28.6. The molecule has 0 saturated heterocycles. The van der Waals surface area contributed by atoms with Crippen molar-refractivity contribution >= 4 is 5.97 Å². The van der Waals surface area contributed by atoms with Crippen LogP contribution in [-0.4, -0.2) is 34.0 Å². The van der Waals surface area contributed by atoms with E-state index in [2.05, 4.69) is 6.92 Å². The van der Waals surface area contributed by atoms with E-state index in [1.54, 1.807) is 6.92 Å². The number of hydrogen-bond donors (Lipinski definition) is 3. The molecule has 1 atom stereocenters. The van der Waals surface area contributed by atoms with Crippen LogP contribution in [0.3, 0.4) is 0 Å². The predicted molar refractivity (Wildman–Crippen MR) is 101 cm³/mol. The Morgan fingerprint density at radius 2 is 1.24 bits per heavy atom. The summed E-state index contributed by atoms with van der Waals surface area (Å²) in [4.78, 5) is 11.0. The molecule has 0 rings (SSSR count). The van der Waals surface area contributed by atoms with Crippen molar-refractivity contribution in [3.8, 4) is 0 Å². The van der Waals surface area contributed by atoms with Crippen LogP contribution >= 0.6 is 0 Å². The van der Waals surface area contributed by atoms with Gasteiger partial charge in [-0.1, -0.05) is 84.0 Å². The summed E-state index contributed by atoms with van der Waals surface area (Å²) < 4.78 is 4.87. The quantitative estimate of drug-likeness (QED) is 0.186. The summed E-state index contributed by atoms with van der Waals surface area (Å²) in [6.45, 7) is 4.01. The number of rotatable bonds is 17. The monoisotopic (exact) mass is 358 g/mol. The Kier molecular flexibility index (Phi) is 15.5. The predicted octanol–water partition coefficient (Wildman–Crippen LogP) is 5.33. The lowest BCUT2D eigenvalue weighted by Gasteiger charge is -2.13. The Balaban J connectivity index is 3.67. The fourth-order valence-electron chi connectivity index (χ4n) is 2.86. The molecule has 148 valence electrons. The van der Waals surface area contributed by atoms with Gasteiger partial charge in [-0.3, -0.25) is 0 Å². The number of aliphatic carboxylic acids is 1. The highest BCUT2D eigenvalue weighted by molar-refractivity contribution is 5.84. The van der Waals surface area contributed by atoms with Gasteiger partial charge in [-0.2, -0.15) is 0 Å². The molecule has 0 aromatic carbocycles. The summed E-state index contributed by atoms with van der Waals surface area (Å²) in [5.41, 5.74) is 0. The number of unbranched alkanes of at least 4 members (excludes halogenated alkanes) is 11. The second kappa shape index (κ2) is 16.2. The minimum absolute atomic E-state index is 0.136. The van der Waals surface area contributed by atoms with Gasteiger partial charge in [-0.25, -0.2) is 4.79 Å². The van der Waals surface area contributed by atoms with Crippen LogP contribution in [0.4, 0.5) is 0 Å². The van der Waals surface area contributed by atoms with Crippen LogP contribution in [0, 0.1) is 0 Å². The Bertz CT molecular complexity index is 365. The van der Waals surface area contributed by atoms with Gasteiger partial charge in [0.05, 0.1) is 6.61 Å². The summed E-state index contributed by atoms with van der Waals surface area (Å²) in [6, 6.07) is 0. The van der Waals surface area contributed by atoms with Crippen molar-refractivity contribution in [3.63, 3.8) is 0 Å². The van der Waals surface area contributed by atoms with Gasteiger partial charge >= 0.3 is 5.97 Å². The van der Waals surface area contributed by atoms with Crippen molar-refractivity contribution in [1.29, 1.82) is 0 Å². The van der Waals surface area contributed by atoms with E-state index >= 15 is 0 Å². The van der Waals surface area contributed by atoms with Crippen LogP contribution in [0.25, 0.3) is 0 Å². The van der Waals surface area contributed by atoms with Crippen LogP contribution in [-0.2, 0) is 9.53 Å². The fourth-order valence-corrected chi connectivity index (χ4v) is 2.86. The summed E-state index contributed by atoms with van der Waals surface area (Å²) in [7, 11) is 0.